The Balaban J connectivity index is 1.86. The molecule has 2 N–H and O–H groups in total. The second-order valence-corrected chi connectivity index (χ2v) is 6.01. The monoisotopic (exact) mass is 359 g/mol. The van der Waals surface area contributed by atoms with Crippen molar-refractivity contribution >= 4 is 12.2 Å². The summed E-state index contributed by atoms with van der Waals surface area (Å²) in [5.41, 5.74) is -0.379. The number of hydrogen-bond acceptors (Lipinski definition) is 3. The van der Waals surface area contributed by atoms with Gasteiger partial charge in [0.15, 0.2) is 4.77 Å². The van der Waals surface area contributed by atoms with Crippen LogP contribution in [-0.4, -0.2) is 21.4 Å². The molecule has 0 amide bonds. The van der Waals surface area contributed by atoms with Crippen LogP contribution in [0, 0.1) is 10.6 Å². The van der Waals surface area contributed by atoms with Gasteiger partial charge in [0.1, 0.15) is 5.82 Å². The first-order chi connectivity index (χ1) is 11.3. The maximum atomic E-state index is 14.1. The molecule has 2 aromatic rings. The molecule has 1 aliphatic rings. The van der Waals surface area contributed by atoms with Crippen molar-refractivity contribution < 1.29 is 17.6 Å². The van der Waals surface area contributed by atoms with Gasteiger partial charge in [-0.3, -0.25) is 14.7 Å². The van der Waals surface area contributed by atoms with E-state index in [0.29, 0.717) is 30.8 Å². The summed E-state index contributed by atoms with van der Waals surface area (Å²) in [6.45, 7) is 0.748. The van der Waals surface area contributed by atoms with Crippen molar-refractivity contribution in [3.05, 3.63) is 61.5 Å². The number of benzene rings is 1. The molecule has 2 heterocycles. The number of aromatic nitrogens is 2. The van der Waals surface area contributed by atoms with E-state index in [-0.39, 0.29) is 22.4 Å². The van der Waals surface area contributed by atoms with Crippen LogP contribution in [0.1, 0.15) is 22.4 Å². The largest absolute Gasteiger partial charge is 0.419 e. The van der Waals surface area contributed by atoms with Crippen LogP contribution in [0.5, 0.6) is 0 Å². The van der Waals surface area contributed by atoms with Crippen molar-refractivity contribution in [2.75, 3.05) is 6.54 Å². The fraction of sp³-hybridized carbons (Fsp3) is 0.333. The molecule has 24 heavy (non-hydrogen) atoms. The Morgan fingerprint density at radius 1 is 1.25 bits per heavy atom. The van der Waals surface area contributed by atoms with Gasteiger partial charge in [-0.25, -0.2) is 4.39 Å². The summed E-state index contributed by atoms with van der Waals surface area (Å²) < 4.78 is 52.7. The molecular weight excluding hydrogens is 346 g/mol. The molecule has 0 saturated heterocycles. The quantitative estimate of drug-likeness (QED) is 0.640. The van der Waals surface area contributed by atoms with Crippen molar-refractivity contribution in [3.8, 4) is 0 Å². The third-order valence-corrected chi connectivity index (χ3v) is 4.17. The molecule has 0 saturated carbocycles. The first-order valence-corrected chi connectivity index (χ1v) is 7.58. The molecule has 0 bridgehead atoms. The third-order valence-electron chi connectivity index (χ3n) is 3.97. The van der Waals surface area contributed by atoms with Gasteiger partial charge in [-0.15, -0.1) is 0 Å². The third kappa shape index (κ3) is 3.27. The predicted molar refractivity (Wildman–Crippen MR) is 81.5 cm³/mol. The van der Waals surface area contributed by atoms with Crippen LogP contribution in [0.25, 0.3) is 0 Å². The molecular formula is C15H13F4N3OS. The zero-order valence-corrected chi connectivity index (χ0v) is 13.2. The Labute approximate surface area is 139 Å². The molecule has 128 valence electrons. The van der Waals surface area contributed by atoms with Crippen LogP contribution in [0.4, 0.5) is 17.6 Å². The molecule has 0 unspecified atom stereocenters. The minimum atomic E-state index is -4.73. The van der Waals surface area contributed by atoms with E-state index in [9.17, 15) is 22.4 Å². The van der Waals surface area contributed by atoms with Crippen molar-refractivity contribution in [3.63, 3.8) is 0 Å². The van der Waals surface area contributed by atoms with E-state index in [1.165, 1.54) is 12.1 Å². The molecule has 0 fully saturated rings. The fourth-order valence-electron chi connectivity index (χ4n) is 2.83. The Kier molecular flexibility index (Phi) is 4.31. The normalized spacial score (nSPS) is 15.3. The van der Waals surface area contributed by atoms with Crippen LogP contribution < -0.4 is 5.56 Å². The van der Waals surface area contributed by atoms with Gasteiger partial charge >= 0.3 is 6.18 Å². The fourth-order valence-corrected chi connectivity index (χ4v) is 3.04. The van der Waals surface area contributed by atoms with E-state index >= 15 is 0 Å². The van der Waals surface area contributed by atoms with Gasteiger partial charge in [0.05, 0.1) is 5.56 Å². The highest BCUT2D eigenvalue weighted by atomic mass is 32.1. The minimum absolute atomic E-state index is 0.0165. The Morgan fingerprint density at radius 3 is 2.71 bits per heavy atom. The zero-order valence-electron chi connectivity index (χ0n) is 12.3. The standard InChI is InChI=1S/C15H13F4N3OS/c16-12-8(2-1-3-10(12)15(17,18)19)6-22-5-4-9-11(7-22)20-14(24)21-13(9)23/h1-3H,4-7H2,(H2,20,21,23,24). The smallest absolute Gasteiger partial charge is 0.334 e. The van der Waals surface area contributed by atoms with Crippen molar-refractivity contribution in [2.24, 2.45) is 0 Å². The van der Waals surface area contributed by atoms with Crippen LogP contribution in [-0.2, 0) is 25.7 Å². The average Bonchev–Trinajstić information content (AvgIpc) is 2.47. The molecule has 3 rings (SSSR count). The molecule has 4 nitrogen and oxygen atoms in total. The first-order valence-electron chi connectivity index (χ1n) is 7.17. The highest BCUT2D eigenvalue weighted by molar-refractivity contribution is 7.71. The van der Waals surface area contributed by atoms with E-state index in [2.05, 4.69) is 9.97 Å². The lowest BCUT2D eigenvalue weighted by Crippen LogP contribution is -2.35. The van der Waals surface area contributed by atoms with Crippen molar-refractivity contribution in [1.29, 1.82) is 0 Å². The zero-order chi connectivity index (χ0) is 17.5. The second kappa shape index (κ2) is 6.14. The van der Waals surface area contributed by atoms with E-state index in [1.807, 2.05) is 0 Å². The predicted octanol–water partition coefficient (Wildman–Crippen LogP) is 3.15. The average molecular weight is 359 g/mol. The van der Waals surface area contributed by atoms with Crippen LogP contribution in [0.2, 0.25) is 0 Å². The van der Waals surface area contributed by atoms with Gasteiger partial charge in [-0.2, -0.15) is 13.2 Å². The number of fused-ring (bicyclic) bond motifs is 1. The molecule has 1 aromatic carbocycles. The lowest BCUT2D eigenvalue weighted by Gasteiger charge is -2.28. The topological polar surface area (TPSA) is 51.9 Å². The summed E-state index contributed by atoms with van der Waals surface area (Å²) in [6.07, 6.45) is -4.32. The number of alkyl halides is 3. The Morgan fingerprint density at radius 2 is 2.00 bits per heavy atom. The summed E-state index contributed by atoms with van der Waals surface area (Å²) in [5.74, 6) is -1.25. The van der Waals surface area contributed by atoms with Gasteiger partial charge in [-0.05, 0) is 24.7 Å². The van der Waals surface area contributed by atoms with Gasteiger partial charge < -0.3 is 4.98 Å². The number of aromatic amines is 2. The molecule has 0 spiro atoms. The maximum absolute atomic E-state index is 14.1. The highest BCUT2D eigenvalue weighted by Crippen LogP contribution is 2.32. The van der Waals surface area contributed by atoms with E-state index in [4.69, 9.17) is 12.2 Å². The number of hydrogen-bond donors (Lipinski definition) is 2. The van der Waals surface area contributed by atoms with Gasteiger partial charge in [0.25, 0.3) is 5.56 Å². The summed E-state index contributed by atoms with van der Waals surface area (Å²) in [5, 5.41) is 0. The summed E-state index contributed by atoms with van der Waals surface area (Å²) in [7, 11) is 0. The molecule has 1 aromatic heterocycles. The molecule has 0 atom stereocenters. The SMILES string of the molecule is O=c1[nH]c(=S)[nH]c2c1CCN(Cc1cccc(C(F)(F)F)c1F)C2. The number of nitrogens with zero attached hydrogens (tertiary/aromatic N) is 1. The summed E-state index contributed by atoms with van der Waals surface area (Å²) in [6, 6.07) is 3.25. The van der Waals surface area contributed by atoms with Gasteiger partial charge in [0.2, 0.25) is 0 Å². The van der Waals surface area contributed by atoms with Gasteiger partial charge in [0, 0.05) is 36.5 Å². The van der Waals surface area contributed by atoms with Crippen molar-refractivity contribution in [1.82, 2.24) is 14.9 Å². The lowest BCUT2D eigenvalue weighted by atomic mass is 10.0. The second-order valence-electron chi connectivity index (χ2n) is 5.60. The molecule has 0 aliphatic carbocycles. The maximum Gasteiger partial charge on any atom is 0.419 e. The number of nitrogens with one attached hydrogen (secondary N) is 2. The van der Waals surface area contributed by atoms with E-state index in [0.717, 1.165) is 6.07 Å². The number of H-pyrrole nitrogens is 2. The highest BCUT2D eigenvalue weighted by Gasteiger charge is 2.35. The number of halogens is 4. The lowest BCUT2D eigenvalue weighted by molar-refractivity contribution is -0.140. The van der Waals surface area contributed by atoms with E-state index < -0.39 is 17.6 Å². The Bertz CT molecular complexity index is 888. The number of rotatable bonds is 2. The molecule has 9 heteroatoms. The molecule has 1 aliphatic heterocycles. The first kappa shape index (κ1) is 16.8. The van der Waals surface area contributed by atoms with Gasteiger partial charge in [-0.1, -0.05) is 12.1 Å². The minimum Gasteiger partial charge on any atom is -0.334 e. The van der Waals surface area contributed by atoms with Crippen LogP contribution in [0.15, 0.2) is 23.0 Å². The van der Waals surface area contributed by atoms with Crippen molar-refractivity contribution in [2.45, 2.75) is 25.7 Å². The van der Waals surface area contributed by atoms with Crippen LogP contribution in [0.3, 0.4) is 0 Å². The summed E-state index contributed by atoms with van der Waals surface area (Å²) in [4.78, 5) is 19.0. The van der Waals surface area contributed by atoms with Crippen LogP contribution >= 0.6 is 12.2 Å². The summed E-state index contributed by atoms with van der Waals surface area (Å²) >= 11 is 4.92. The van der Waals surface area contributed by atoms with E-state index in [1.54, 1.807) is 4.90 Å². The Hall–Kier alpha value is -2.00. The molecule has 0 radical (unpaired) electrons.